The van der Waals surface area contributed by atoms with Crippen molar-refractivity contribution >= 4 is 23.2 Å². The fourth-order valence-corrected chi connectivity index (χ4v) is 4.34. The number of rotatable bonds is 2. The lowest BCUT2D eigenvalue weighted by Gasteiger charge is -2.38. The molecule has 0 spiro atoms. The molecule has 0 amide bonds. The molecule has 0 saturated carbocycles. The van der Waals surface area contributed by atoms with E-state index in [1.807, 2.05) is 18.2 Å². The zero-order valence-corrected chi connectivity index (χ0v) is 16.7. The number of tetrazole rings is 1. The van der Waals surface area contributed by atoms with Gasteiger partial charge in [-0.05, 0) is 46.3 Å². The van der Waals surface area contributed by atoms with Gasteiger partial charge in [0.05, 0.1) is 5.70 Å². The molecular formula is C22H14ClFN6O. The van der Waals surface area contributed by atoms with Crippen LogP contribution in [0.5, 0.6) is 5.75 Å². The molecule has 2 aromatic carbocycles. The quantitative estimate of drug-likeness (QED) is 0.505. The molecule has 0 bridgehead atoms. The lowest BCUT2D eigenvalue weighted by Crippen LogP contribution is -2.32. The molecule has 2 aliphatic rings. The van der Waals surface area contributed by atoms with E-state index in [0.29, 0.717) is 22.3 Å². The van der Waals surface area contributed by atoms with E-state index in [9.17, 15) is 4.39 Å². The van der Waals surface area contributed by atoms with E-state index in [1.165, 1.54) is 6.07 Å². The molecule has 7 nitrogen and oxygen atoms in total. The lowest BCUT2D eigenvalue weighted by atomic mass is 9.85. The maximum atomic E-state index is 14.9. The van der Waals surface area contributed by atoms with Gasteiger partial charge in [-0.2, -0.15) is 4.68 Å². The first-order valence-electron chi connectivity index (χ1n) is 9.60. The highest BCUT2D eigenvalue weighted by atomic mass is 35.5. The average molecular weight is 433 g/mol. The maximum absolute atomic E-state index is 14.9. The van der Waals surface area contributed by atoms with Crippen LogP contribution in [0, 0.1) is 5.82 Å². The molecular weight excluding hydrogens is 419 g/mol. The first-order valence-corrected chi connectivity index (χ1v) is 9.98. The smallest absolute Gasteiger partial charge is 0.248 e. The third-order valence-corrected chi connectivity index (χ3v) is 5.72. The summed E-state index contributed by atoms with van der Waals surface area (Å²) in [7, 11) is 0. The minimum atomic E-state index is -0.708. The Morgan fingerprint density at radius 3 is 2.84 bits per heavy atom. The van der Waals surface area contributed by atoms with E-state index < -0.39 is 12.1 Å². The van der Waals surface area contributed by atoms with Crippen molar-refractivity contribution in [3.05, 3.63) is 100 Å². The van der Waals surface area contributed by atoms with Gasteiger partial charge in [-0.25, -0.2) is 4.39 Å². The molecule has 0 aliphatic carbocycles. The van der Waals surface area contributed by atoms with Crippen molar-refractivity contribution in [3.8, 4) is 5.75 Å². The van der Waals surface area contributed by atoms with Crippen LogP contribution in [0.25, 0.3) is 5.70 Å². The summed E-state index contributed by atoms with van der Waals surface area (Å²) in [6, 6.07) is 15.3. The van der Waals surface area contributed by atoms with Crippen LogP contribution in [0.15, 0.2) is 72.6 Å². The van der Waals surface area contributed by atoms with Crippen LogP contribution in [0.4, 0.5) is 10.3 Å². The summed E-state index contributed by atoms with van der Waals surface area (Å²) in [6.45, 7) is 0. The van der Waals surface area contributed by atoms with Crippen LogP contribution < -0.4 is 10.1 Å². The van der Waals surface area contributed by atoms with Gasteiger partial charge in [0.15, 0.2) is 6.10 Å². The van der Waals surface area contributed by atoms with Gasteiger partial charge in [0.2, 0.25) is 5.95 Å². The number of hydrogen-bond donors (Lipinski definition) is 1. The molecule has 4 aromatic rings. The zero-order chi connectivity index (χ0) is 20.9. The van der Waals surface area contributed by atoms with Gasteiger partial charge < -0.3 is 10.1 Å². The molecule has 0 fully saturated rings. The van der Waals surface area contributed by atoms with E-state index in [-0.39, 0.29) is 5.82 Å². The Balaban J connectivity index is 1.66. The number of fused-ring (bicyclic) bond motifs is 3. The summed E-state index contributed by atoms with van der Waals surface area (Å²) < 4.78 is 23.0. The van der Waals surface area contributed by atoms with E-state index in [4.69, 9.17) is 16.3 Å². The Labute approximate surface area is 181 Å². The van der Waals surface area contributed by atoms with Gasteiger partial charge in [0.1, 0.15) is 17.6 Å². The number of ether oxygens (including phenoxy) is 1. The van der Waals surface area contributed by atoms with Gasteiger partial charge in [-0.15, -0.1) is 0 Å². The molecule has 9 heteroatoms. The zero-order valence-electron chi connectivity index (χ0n) is 15.9. The molecule has 2 aliphatic heterocycles. The summed E-state index contributed by atoms with van der Waals surface area (Å²) in [5.41, 5.74) is 3.54. The van der Waals surface area contributed by atoms with Crippen LogP contribution in [-0.4, -0.2) is 25.2 Å². The molecule has 6 rings (SSSR count). The lowest BCUT2D eigenvalue weighted by molar-refractivity contribution is 0.217. The second kappa shape index (κ2) is 6.88. The van der Waals surface area contributed by atoms with Crippen LogP contribution in [-0.2, 0) is 0 Å². The van der Waals surface area contributed by atoms with Crippen molar-refractivity contribution in [2.75, 3.05) is 5.32 Å². The minimum Gasteiger partial charge on any atom is -0.480 e. The predicted molar refractivity (Wildman–Crippen MR) is 112 cm³/mol. The highest BCUT2D eigenvalue weighted by molar-refractivity contribution is 6.30. The van der Waals surface area contributed by atoms with Gasteiger partial charge in [0, 0.05) is 34.1 Å². The van der Waals surface area contributed by atoms with Crippen molar-refractivity contribution in [2.24, 2.45) is 0 Å². The summed E-state index contributed by atoms with van der Waals surface area (Å²) in [5, 5.41) is 16.0. The number of aromatic nitrogens is 5. The molecule has 0 unspecified atom stereocenters. The normalized spacial score (nSPS) is 19.0. The number of anilines is 1. The van der Waals surface area contributed by atoms with Crippen molar-refractivity contribution in [1.82, 2.24) is 25.2 Å². The monoisotopic (exact) mass is 432 g/mol. The molecule has 2 atom stereocenters. The molecule has 0 radical (unpaired) electrons. The number of nitrogens with zero attached hydrogens (tertiary/aromatic N) is 5. The largest absolute Gasteiger partial charge is 0.480 e. The van der Waals surface area contributed by atoms with Crippen LogP contribution >= 0.6 is 11.6 Å². The molecule has 152 valence electrons. The second-order valence-corrected chi connectivity index (χ2v) is 7.69. The Morgan fingerprint density at radius 2 is 2.00 bits per heavy atom. The molecule has 31 heavy (non-hydrogen) atoms. The fourth-order valence-electron chi connectivity index (χ4n) is 4.17. The predicted octanol–water partition coefficient (Wildman–Crippen LogP) is 4.42. The third kappa shape index (κ3) is 2.79. The van der Waals surface area contributed by atoms with Gasteiger partial charge in [-0.1, -0.05) is 41.0 Å². The summed E-state index contributed by atoms with van der Waals surface area (Å²) in [5.74, 6) is 0.701. The summed E-state index contributed by atoms with van der Waals surface area (Å²) >= 11 is 6.30. The Bertz CT molecular complexity index is 1340. The Hall–Kier alpha value is -3.78. The SMILES string of the molecule is Fc1ccccc1[C@H]1Oc2ccc(Cl)cc2C2=C1[C@@H](c1cccnc1)n1nnnc1N2. The number of halogens is 2. The van der Waals surface area contributed by atoms with E-state index in [0.717, 1.165) is 22.4 Å². The van der Waals surface area contributed by atoms with Gasteiger partial charge in [0.25, 0.3) is 0 Å². The van der Waals surface area contributed by atoms with Crippen molar-refractivity contribution in [1.29, 1.82) is 0 Å². The van der Waals surface area contributed by atoms with Crippen LogP contribution in [0.2, 0.25) is 5.02 Å². The number of pyridine rings is 1. The average Bonchev–Trinajstić information content (AvgIpc) is 3.27. The van der Waals surface area contributed by atoms with E-state index >= 15 is 0 Å². The second-order valence-electron chi connectivity index (χ2n) is 7.25. The van der Waals surface area contributed by atoms with Gasteiger partial charge in [-0.3, -0.25) is 4.98 Å². The van der Waals surface area contributed by atoms with Crippen molar-refractivity contribution < 1.29 is 9.13 Å². The van der Waals surface area contributed by atoms with E-state index in [1.54, 1.807) is 47.4 Å². The number of nitrogens with one attached hydrogen (secondary N) is 1. The van der Waals surface area contributed by atoms with Gasteiger partial charge >= 0.3 is 0 Å². The standard InChI is InChI=1S/C22H14ClFN6O/c23-13-7-8-17-15(10-13)19-18(21(31-17)14-5-1-2-6-16(14)24)20(12-4-3-9-25-11-12)30-22(26-19)27-28-29-30/h1-11,20-21H,(H,26,27,29)/t20-,21-/m1/s1. The van der Waals surface area contributed by atoms with Crippen LogP contribution in [0.1, 0.15) is 28.8 Å². The van der Waals surface area contributed by atoms with Crippen molar-refractivity contribution in [3.63, 3.8) is 0 Å². The first kappa shape index (κ1) is 18.0. The number of benzene rings is 2. The highest BCUT2D eigenvalue weighted by Gasteiger charge is 2.42. The maximum Gasteiger partial charge on any atom is 0.248 e. The first-order chi connectivity index (χ1) is 15.2. The Kier molecular flexibility index (Phi) is 4.00. The number of hydrogen-bond acceptors (Lipinski definition) is 6. The summed E-state index contributed by atoms with van der Waals surface area (Å²) in [4.78, 5) is 4.27. The molecule has 1 N–H and O–H groups in total. The highest BCUT2D eigenvalue weighted by Crippen LogP contribution is 2.51. The minimum absolute atomic E-state index is 0.357. The molecule has 0 saturated heterocycles. The Morgan fingerprint density at radius 1 is 1.10 bits per heavy atom. The molecule has 4 heterocycles. The van der Waals surface area contributed by atoms with E-state index in [2.05, 4.69) is 25.8 Å². The van der Waals surface area contributed by atoms with Crippen LogP contribution in [0.3, 0.4) is 0 Å². The van der Waals surface area contributed by atoms with Crippen molar-refractivity contribution in [2.45, 2.75) is 12.1 Å². The third-order valence-electron chi connectivity index (χ3n) is 5.48. The fraction of sp³-hybridized carbons (Fsp3) is 0.0909. The molecule has 2 aromatic heterocycles. The topological polar surface area (TPSA) is 77.8 Å². The summed E-state index contributed by atoms with van der Waals surface area (Å²) in [6.07, 6.45) is 2.74.